The molecular formula is C23H31N3O4. The fourth-order valence-corrected chi connectivity index (χ4v) is 4.76. The van der Waals surface area contributed by atoms with Crippen LogP contribution in [0.15, 0.2) is 24.3 Å². The van der Waals surface area contributed by atoms with Gasteiger partial charge in [-0.05, 0) is 37.8 Å². The van der Waals surface area contributed by atoms with Crippen molar-refractivity contribution in [3.8, 4) is 5.75 Å². The Hall–Kier alpha value is -2.57. The Kier molecular flexibility index (Phi) is 6.25. The molecule has 3 aliphatic heterocycles. The molecular weight excluding hydrogens is 382 g/mol. The minimum atomic E-state index is -0.707. The number of anilines is 1. The molecule has 0 N–H and O–H groups in total. The third-order valence-electron chi connectivity index (χ3n) is 6.50. The third-order valence-corrected chi connectivity index (χ3v) is 6.50. The molecule has 0 aromatic heterocycles. The number of ether oxygens (including phenoxy) is 1. The largest absolute Gasteiger partial charge is 0.476 e. The SMILES string of the molecule is CC(=O)N1C[C@@H](C(=O)N2CCC(C(=O)N3CCCCCC3)CC2)Oc2ccccc21. The maximum Gasteiger partial charge on any atom is 0.265 e. The van der Waals surface area contributed by atoms with Crippen molar-refractivity contribution in [3.05, 3.63) is 24.3 Å². The number of piperidine rings is 1. The van der Waals surface area contributed by atoms with Crippen LogP contribution in [0.4, 0.5) is 5.69 Å². The predicted octanol–water partition coefficient (Wildman–Crippen LogP) is 2.44. The van der Waals surface area contributed by atoms with Crippen molar-refractivity contribution in [2.45, 2.75) is 51.6 Å². The molecule has 0 aliphatic carbocycles. The maximum atomic E-state index is 13.1. The molecule has 3 amide bonds. The minimum Gasteiger partial charge on any atom is -0.476 e. The highest BCUT2D eigenvalue weighted by Crippen LogP contribution is 2.34. The number of para-hydroxylation sites is 2. The van der Waals surface area contributed by atoms with E-state index >= 15 is 0 Å². The van der Waals surface area contributed by atoms with Gasteiger partial charge in [0, 0.05) is 39.0 Å². The molecule has 2 saturated heterocycles. The second-order valence-corrected chi connectivity index (χ2v) is 8.54. The number of hydrogen-bond acceptors (Lipinski definition) is 4. The smallest absolute Gasteiger partial charge is 0.265 e. The molecule has 7 nitrogen and oxygen atoms in total. The Labute approximate surface area is 177 Å². The number of benzene rings is 1. The second kappa shape index (κ2) is 9.06. The van der Waals surface area contributed by atoms with E-state index in [-0.39, 0.29) is 30.2 Å². The van der Waals surface area contributed by atoms with Crippen LogP contribution in [0, 0.1) is 5.92 Å². The first-order valence-electron chi connectivity index (χ1n) is 11.2. The van der Waals surface area contributed by atoms with Gasteiger partial charge in [-0.1, -0.05) is 25.0 Å². The summed E-state index contributed by atoms with van der Waals surface area (Å²) in [6.07, 6.45) is 5.28. The lowest BCUT2D eigenvalue weighted by Crippen LogP contribution is -2.53. The van der Waals surface area contributed by atoms with Gasteiger partial charge < -0.3 is 19.4 Å². The van der Waals surface area contributed by atoms with Gasteiger partial charge in [0.15, 0.2) is 6.10 Å². The van der Waals surface area contributed by atoms with Crippen LogP contribution in [0.25, 0.3) is 0 Å². The number of carbonyl (C=O) groups is 3. The highest BCUT2D eigenvalue weighted by Gasteiger charge is 2.37. The van der Waals surface area contributed by atoms with Gasteiger partial charge in [0.2, 0.25) is 11.8 Å². The summed E-state index contributed by atoms with van der Waals surface area (Å²) in [7, 11) is 0. The summed E-state index contributed by atoms with van der Waals surface area (Å²) in [6.45, 7) is 4.58. The molecule has 1 atom stereocenters. The normalized spacial score (nSPS) is 22.7. The molecule has 7 heteroatoms. The molecule has 0 spiro atoms. The van der Waals surface area contributed by atoms with Crippen LogP contribution < -0.4 is 9.64 Å². The van der Waals surface area contributed by atoms with Crippen LogP contribution >= 0.6 is 0 Å². The quantitative estimate of drug-likeness (QED) is 0.747. The summed E-state index contributed by atoms with van der Waals surface area (Å²) in [5.41, 5.74) is 0.704. The highest BCUT2D eigenvalue weighted by molar-refractivity contribution is 5.96. The van der Waals surface area contributed by atoms with E-state index in [2.05, 4.69) is 0 Å². The lowest BCUT2D eigenvalue weighted by atomic mass is 9.94. The molecule has 30 heavy (non-hydrogen) atoms. The summed E-state index contributed by atoms with van der Waals surface area (Å²) in [4.78, 5) is 43.5. The van der Waals surface area contributed by atoms with Gasteiger partial charge in [0.05, 0.1) is 12.2 Å². The Morgan fingerprint density at radius 2 is 1.50 bits per heavy atom. The van der Waals surface area contributed by atoms with Crippen LogP contribution in [0.2, 0.25) is 0 Å². The van der Waals surface area contributed by atoms with E-state index in [9.17, 15) is 14.4 Å². The van der Waals surface area contributed by atoms with Crippen molar-refractivity contribution in [2.24, 2.45) is 5.92 Å². The fourth-order valence-electron chi connectivity index (χ4n) is 4.76. The summed E-state index contributed by atoms with van der Waals surface area (Å²) in [5, 5.41) is 0. The van der Waals surface area contributed by atoms with E-state index in [1.807, 2.05) is 23.1 Å². The van der Waals surface area contributed by atoms with Crippen LogP contribution in [-0.2, 0) is 14.4 Å². The standard InChI is InChI=1S/C23H31N3O4/c1-17(27)26-16-21(30-20-9-5-4-8-19(20)26)23(29)25-14-10-18(11-15-25)22(28)24-12-6-2-3-7-13-24/h4-5,8-9,18,21H,2-3,6-7,10-16H2,1H3/t21-/m0/s1. The lowest BCUT2D eigenvalue weighted by molar-refractivity contribution is -0.144. The predicted molar refractivity (Wildman–Crippen MR) is 113 cm³/mol. The summed E-state index contributed by atoms with van der Waals surface area (Å²) >= 11 is 0. The molecule has 0 radical (unpaired) electrons. The molecule has 3 aliphatic rings. The molecule has 2 fully saturated rings. The zero-order valence-corrected chi connectivity index (χ0v) is 17.7. The average Bonchev–Trinajstić information content (AvgIpc) is 3.07. The van der Waals surface area contributed by atoms with Crippen molar-refractivity contribution < 1.29 is 19.1 Å². The number of nitrogens with zero attached hydrogens (tertiary/aromatic N) is 3. The van der Waals surface area contributed by atoms with E-state index in [4.69, 9.17) is 4.74 Å². The molecule has 1 aromatic rings. The van der Waals surface area contributed by atoms with Gasteiger partial charge >= 0.3 is 0 Å². The zero-order chi connectivity index (χ0) is 21.1. The molecule has 1 aromatic carbocycles. The summed E-state index contributed by atoms with van der Waals surface area (Å²) < 4.78 is 5.95. The van der Waals surface area contributed by atoms with Crippen LogP contribution in [-0.4, -0.2) is 66.3 Å². The monoisotopic (exact) mass is 413 g/mol. The Bertz CT molecular complexity index is 795. The van der Waals surface area contributed by atoms with Gasteiger partial charge in [-0.15, -0.1) is 0 Å². The number of carbonyl (C=O) groups excluding carboxylic acids is 3. The minimum absolute atomic E-state index is 0.00821. The van der Waals surface area contributed by atoms with E-state index in [1.165, 1.54) is 19.8 Å². The van der Waals surface area contributed by atoms with E-state index in [1.54, 1.807) is 15.9 Å². The first-order valence-corrected chi connectivity index (χ1v) is 11.2. The van der Waals surface area contributed by atoms with Crippen molar-refractivity contribution in [1.29, 1.82) is 0 Å². The fraction of sp³-hybridized carbons (Fsp3) is 0.609. The summed E-state index contributed by atoms with van der Waals surface area (Å²) in [6, 6.07) is 7.31. The van der Waals surface area contributed by atoms with Gasteiger partial charge in [-0.25, -0.2) is 0 Å². The van der Waals surface area contributed by atoms with Crippen LogP contribution in [0.5, 0.6) is 5.75 Å². The Morgan fingerprint density at radius 1 is 0.867 bits per heavy atom. The maximum absolute atomic E-state index is 13.1. The van der Waals surface area contributed by atoms with E-state index in [0.29, 0.717) is 37.4 Å². The molecule has 0 bridgehead atoms. The lowest BCUT2D eigenvalue weighted by Gasteiger charge is -2.38. The second-order valence-electron chi connectivity index (χ2n) is 8.54. The molecule has 0 unspecified atom stereocenters. The van der Waals surface area contributed by atoms with Crippen LogP contribution in [0.3, 0.4) is 0 Å². The van der Waals surface area contributed by atoms with Crippen molar-refractivity contribution in [3.63, 3.8) is 0 Å². The van der Waals surface area contributed by atoms with Gasteiger partial charge in [-0.3, -0.25) is 14.4 Å². The number of fused-ring (bicyclic) bond motifs is 1. The van der Waals surface area contributed by atoms with Gasteiger partial charge in [0.1, 0.15) is 5.75 Å². The topological polar surface area (TPSA) is 70.2 Å². The first kappa shape index (κ1) is 20.7. The number of hydrogen-bond donors (Lipinski definition) is 0. The summed E-state index contributed by atoms with van der Waals surface area (Å²) in [5.74, 6) is 0.619. The number of rotatable bonds is 2. The highest BCUT2D eigenvalue weighted by atomic mass is 16.5. The van der Waals surface area contributed by atoms with Crippen molar-refractivity contribution >= 4 is 23.4 Å². The van der Waals surface area contributed by atoms with E-state index in [0.717, 1.165) is 25.9 Å². The number of likely N-dealkylation sites (tertiary alicyclic amines) is 2. The Morgan fingerprint density at radius 3 is 2.17 bits per heavy atom. The van der Waals surface area contributed by atoms with Crippen LogP contribution in [0.1, 0.15) is 45.4 Å². The molecule has 162 valence electrons. The average molecular weight is 414 g/mol. The van der Waals surface area contributed by atoms with Gasteiger partial charge in [0.25, 0.3) is 5.91 Å². The van der Waals surface area contributed by atoms with E-state index < -0.39 is 6.10 Å². The first-order chi connectivity index (χ1) is 14.5. The molecule has 4 rings (SSSR count). The third kappa shape index (κ3) is 4.30. The Balaban J connectivity index is 1.36. The van der Waals surface area contributed by atoms with Crippen molar-refractivity contribution in [1.82, 2.24) is 9.80 Å². The number of amides is 3. The van der Waals surface area contributed by atoms with Gasteiger partial charge in [-0.2, -0.15) is 0 Å². The van der Waals surface area contributed by atoms with Crippen molar-refractivity contribution in [2.75, 3.05) is 37.6 Å². The molecule has 3 heterocycles. The molecule has 0 saturated carbocycles. The zero-order valence-electron chi connectivity index (χ0n) is 17.7.